The van der Waals surface area contributed by atoms with Gasteiger partial charge in [-0.3, -0.25) is 4.79 Å². The molecule has 30 heavy (non-hydrogen) atoms. The van der Waals surface area contributed by atoms with E-state index in [1.54, 1.807) is 23.8 Å². The van der Waals surface area contributed by atoms with E-state index in [2.05, 4.69) is 4.90 Å². The van der Waals surface area contributed by atoms with E-state index >= 15 is 0 Å². The van der Waals surface area contributed by atoms with E-state index in [0.29, 0.717) is 26.1 Å². The molecule has 3 rings (SSSR count). The second-order valence-corrected chi connectivity index (χ2v) is 9.82. The van der Waals surface area contributed by atoms with Gasteiger partial charge in [0.2, 0.25) is 5.91 Å². The van der Waals surface area contributed by atoms with Crippen molar-refractivity contribution in [3.8, 4) is 5.75 Å². The quantitative estimate of drug-likeness (QED) is 0.724. The van der Waals surface area contributed by atoms with Gasteiger partial charge in [0.1, 0.15) is 11.4 Å². The molecular formula is C22H33N3O4S. The summed E-state index contributed by atoms with van der Waals surface area (Å²) in [6, 6.07) is 7.91. The summed E-state index contributed by atoms with van der Waals surface area (Å²) in [5.74, 6) is 2.61. The number of methoxy groups -OCH3 is 1. The summed E-state index contributed by atoms with van der Waals surface area (Å²) in [5.41, 5.74) is 0.608. The Morgan fingerprint density at radius 1 is 1.07 bits per heavy atom. The maximum absolute atomic E-state index is 12.9. The van der Waals surface area contributed by atoms with Crippen molar-refractivity contribution in [1.29, 1.82) is 0 Å². The number of rotatable bonds is 4. The normalized spacial score (nSPS) is 20.1. The monoisotopic (exact) mass is 435 g/mol. The first kappa shape index (κ1) is 22.6. The summed E-state index contributed by atoms with van der Waals surface area (Å²) in [7, 11) is 1.66. The van der Waals surface area contributed by atoms with E-state index in [0.717, 1.165) is 36.0 Å². The lowest BCUT2D eigenvalue weighted by atomic mass is 10.1. The van der Waals surface area contributed by atoms with Crippen molar-refractivity contribution in [1.82, 2.24) is 9.80 Å². The lowest BCUT2D eigenvalue weighted by Gasteiger charge is -2.39. The molecule has 2 aliphatic rings. The average molecular weight is 436 g/mol. The van der Waals surface area contributed by atoms with Crippen molar-refractivity contribution in [2.75, 3.05) is 56.2 Å². The van der Waals surface area contributed by atoms with Crippen LogP contribution in [0.2, 0.25) is 0 Å². The van der Waals surface area contributed by atoms with E-state index in [9.17, 15) is 9.59 Å². The first-order valence-corrected chi connectivity index (χ1v) is 11.7. The Bertz CT molecular complexity index is 727. The van der Waals surface area contributed by atoms with Gasteiger partial charge < -0.3 is 24.2 Å². The maximum Gasteiger partial charge on any atom is 0.410 e. The van der Waals surface area contributed by atoms with Gasteiger partial charge in [-0.2, -0.15) is 11.8 Å². The summed E-state index contributed by atoms with van der Waals surface area (Å²) >= 11 is 1.79. The minimum Gasteiger partial charge on any atom is -0.497 e. The summed E-state index contributed by atoms with van der Waals surface area (Å²) in [4.78, 5) is 31.5. The molecule has 2 amide bonds. The summed E-state index contributed by atoms with van der Waals surface area (Å²) in [5, 5.41) is 0. The number of hydrogen-bond donors (Lipinski definition) is 0. The number of piperazine rings is 1. The highest BCUT2D eigenvalue weighted by Crippen LogP contribution is 2.24. The van der Waals surface area contributed by atoms with Crippen LogP contribution in [0, 0.1) is 0 Å². The zero-order valence-corrected chi connectivity index (χ0v) is 19.2. The van der Waals surface area contributed by atoms with Crippen LogP contribution in [0.25, 0.3) is 0 Å². The SMILES string of the molecule is COc1ccc(N2CCN(C(=O)CC3CSCCN3C(=O)OC(C)(C)C)CC2)cc1. The van der Waals surface area contributed by atoms with E-state index in [-0.39, 0.29) is 18.0 Å². The van der Waals surface area contributed by atoms with Gasteiger partial charge >= 0.3 is 6.09 Å². The number of carbonyl (C=O) groups excluding carboxylic acids is 2. The predicted molar refractivity (Wildman–Crippen MR) is 120 cm³/mol. The summed E-state index contributed by atoms with van der Waals surface area (Å²) in [6.07, 6.45) is 0.0410. The van der Waals surface area contributed by atoms with Gasteiger partial charge in [0, 0.05) is 56.3 Å². The molecule has 1 unspecified atom stereocenters. The highest BCUT2D eigenvalue weighted by molar-refractivity contribution is 7.99. The Kier molecular flexibility index (Phi) is 7.39. The predicted octanol–water partition coefficient (Wildman–Crippen LogP) is 3.09. The second kappa shape index (κ2) is 9.81. The van der Waals surface area contributed by atoms with E-state index in [1.807, 2.05) is 49.9 Å². The van der Waals surface area contributed by atoms with Crippen molar-refractivity contribution in [3.63, 3.8) is 0 Å². The third-order valence-corrected chi connectivity index (χ3v) is 6.43. The zero-order chi connectivity index (χ0) is 21.7. The van der Waals surface area contributed by atoms with Crippen LogP contribution < -0.4 is 9.64 Å². The number of carbonyl (C=O) groups is 2. The van der Waals surface area contributed by atoms with Gasteiger partial charge in [-0.25, -0.2) is 4.79 Å². The Morgan fingerprint density at radius 2 is 1.73 bits per heavy atom. The minimum absolute atomic E-state index is 0.106. The molecular weight excluding hydrogens is 402 g/mol. The molecule has 0 bridgehead atoms. The van der Waals surface area contributed by atoms with Gasteiger partial charge in [-0.05, 0) is 45.0 Å². The number of amides is 2. The molecule has 1 atom stereocenters. The highest BCUT2D eigenvalue weighted by atomic mass is 32.2. The minimum atomic E-state index is -0.534. The number of ether oxygens (including phenoxy) is 2. The fraction of sp³-hybridized carbons (Fsp3) is 0.636. The third kappa shape index (κ3) is 5.97. The number of thioether (sulfide) groups is 1. The molecule has 7 nitrogen and oxygen atoms in total. The fourth-order valence-corrected chi connectivity index (χ4v) is 4.78. The molecule has 0 N–H and O–H groups in total. The van der Waals surface area contributed by atoms with Crippen LogP contribution in [0.4, 0.5) is 10.5 Å². The molecule has 1 aromatic carbocycles. The molecule has 166 valence electrons. The van der Waals surface area contributed by atoms with Gasteiger partial charge in [0.25, 0.3) is 0 Å². The zero-order valence-electron chi connectivity index (χ0n) is 18.4. The molecule has 2 fully saturated rings. The molecule has 2 heterocycles. The first-order valence-electron chi connectivity index (χ1n) is 10.5. The molecule has 8 heteroatoms. The molecule has 0 spiro atoms. The van der Waals surface area contributed by atoms with Crippen molar-refractivity contribution in [2.24, 2.45) is 0 Å². The fourth-order valence-electron chi connectivity index (χ4n) is 3.72. The van der Waals surface area contributed by atoms with Crippen LogP contribution in [0.1, 0.15) is 27.2 Å². The van der Waals surface area contributed by atoms with E-state index < -0.39 is 5.60 Å². The smallest absolute Gasteiger partial charge is 0.410 e. The topological polar surface area (TPSA) is 62.3 Å². The molecule has 0 aromatic heterocycles. The van der Waals surface area contributed by atoms with Gasteiger partial charge in [-0.1, -0.05) is 0 Å². The number of anilines is 1. The summed E-state index contributed by atoms with van der Waals surface area (Å²) in [6.45, 7) is 9.21. The van der Waals surface area contributed by atoms with Crippen molar-refractivity contribution in [3.05, 3.63) is 24.3 Å². The second-order valence-electron chi connectivity index (χ2n) is 8.67. The standard InChI is InChI=1S/C22H33N3O4S/c1-22(2,3)29-21(27)25-13-14-30-16-18(25)15-20(26)24-11-9-23(10-12-24)17-5-7-19(28-4)8-6-17/h5-8,18H,9-16H2,1-4H3. The number of nitrogens with zero attached hydrogens (tertiary/aromatic N) is 3. The number of benzene rings is 1. The first-order chi connectivity index (χ1) is 14.3. The maximum atomic E-state index is 12.9. The highest BCUT2D eigenvalue weighted by Gasteiger charge is 2.33. The van der Waals surface area contributed by atoms with Crippen LogP contribution in [0.3, 0.4) is 0 Å². The van der Waals surface area contributed by atoms with Crippen LogP contribution in [0.15, 0.2) is 24.3 Å². The van der Waals surface area contributed by atoms with Crippen LogP contribution >= 0.6 is 11.8 Å². The third-order valence-electron chi connectivity index (χ3n) is 5.34. The van der Waals surface area contributed by atoms with Gasteiger partial charge in [0.05, 0.1) is 13.2 Å². The molecule has 0 saturated carbocycles. The molecule has 2 saturated heterocycles. The van der Waals surface area contributed by atoms with Crippen molar-refractivity contribution in [2.45, 2.75) is 38.8 Å². The van der Waals surface area contributed by atoms with Crippen LogP contribution in [-0.4, -0.2) is 84.8 Å². The molecule has 0 radical (unpaired) electrons. The van der Waals surface area contributed by atoms with E-state index in [1.165, 1.54) is 0 Å². The van der Waals surface area contributed by atoms with Crippen LogP contribution in [0.5, 0.6) is 5.75 Å². The lowest BCUT2D eigenvalue weighted by molar-refractivity contribution is -0.132. The number of hydrogen-bond acceptors (Lipinski definition) is 6. The van der Waals surface area contributed by atoms with Crippen molar-refractivity contribution >= 4 is 29.4 Å². The lowest BCUT2D eigenvalue weighted by Crippen LogP contribution is -2.53. The Morgan fingerprint density at radius 3 is 2.33 bits per heavy atom. The average Bonchev–Trinajstić information content (AvgIpc) is 2.73. The molecule has 2 aliphatic heterocycles. The van der Waals surface area contributed by atoms with Crippen LogP contribution in [-0.2, 0) is 9.53 Å². The Balaban J connectivity index is 1.53. The van der Waals surface area contributed by atoms with E-state index in [4.69, 9.17) is 9.47 Å². The Hall–Kier alpha value is -2.09. The molecule has 0 aliphatic carbocycles. The van der Waals surface area contributed by atoms with Gasteiger partial charge in [-0.15, -0.1) is 0 Å². The van der Waals surface area contributed by atoms with Crippen molar-refractivity contribution < 1.29 is 19.1 Å². The molecule has 1 aromatic rings. The Labute approximate surface area is 183 Å². The summed E-state index contributed by atoms with van der Waals surface area (Å²) < 4.78 is 10.8. The van der Waals surface area contributed by atoms with Gasteiger partial charge in [0.15, 0.2) is 0 Å². The largest absolute Gasteiger partial charge is 0.497 e.